The predicted molar refractivity (Wildman–Crippen MR) is 126 cm³/mol. The van der Waals surface area contributed by atoms with E-state index in [4.69, 9.17) is 16.9 Å². The fraction of sp³-hybridized carbons (Fsp3) is 0.120. The Morgan fingerprint density at radius 1 is 1.14 bits per heavy atom. The normalized spacial score (nSPS) is 15.0. The number of hydrogen-bond acceptors (Lipinski definition) is 6. The topological polar surface area (TPSA) is 125 Å². The number of nitrogens with zero attached hydrogens (tertiary/aromatic N) is 4. The molecule has 1 saturated heterocycles. The molecule has 3 aromatic rings. The lowest BCUT2D eigenvalue weighted by Crippen LogP contribution is -2.45. The first kappa shape index (κ1) is 24.5. The van der Waals surface area contributed by atoms with Gasteiger partial charge in [0.15, 0.2) is 0 Å². The molecule has 1 atom stereocenters. The van der Waals surface area contributed by atoms with Crippen molar-refractivity contribution < 1.29 is 23.7 Å². The molecule has 0 radical (unpaired) electrons. The molecule has 3 amide bonds. The number of nitriles is 1. The number of amides is 3. The van der Waals surface area contributed by atoms with Crippen LogP contribution in [0, 0.1) is 27.3 Å². The van der Waals surface area contributed by atoms with Crippen molar-refractivity contribution in [1.29, 1.82) is 5.26 Å². The molecule has 1 heterocycles. The highest BCUT2D eigenvalue weighted by molar-refractivity contribution is 6.32. The summed E-state index contributed by atoms with van der Waals surface area (Å²) in [5, 5.41) is 20.2. The van der Waals surface area contributed by atoms with Gasteiger partial charge in [0.25, 0.3) is 17.5 Å². The molecule has 0 bridgehead atoms. The number of anilines is 1. The van der Waals surface area contributed by atoms with Gasteiger partial charge in [-0.15, -0.1) is 0 Å². The summed E-state index contributed by atoms with van der Waals surface area (Å²) in [6.45, 7) is -0.166. The van der Waals surface area contributed by atoms with Gasteiger partial charge >= 0.3 is 0 Å². The van der Waals surface area contributed by atoms with E-state index in [2.05, 4.69) is 0 Å². The summed E-state index contributed by atoms with van der Waals surface area (Å²) in [5.74, 6) is -2.48. The van der Waals surface area contributed by atoms with Gasteiger partial charge in [0.05, 0.1) is 28.7 Å². The van der Waals surface area contributed by atoms with Gasteiger partial charge < -0.3 is 4.90 Å². The molecule has 0 spiro atoms. The highest BCUT2D eigenvalue weighted by Crippen LogP contribution is 2.30. The lowest BCUT2D eigenvalue weighted by Gasteiger charge is -2.28. The van der Waals surface area contributed by atoms with Gasteiger partial charge in [-0.1, -0.05) is 23.7 Å². The third-order valence-electron chi connectivity index (χ3n) is 5.67. The molecule has 0 N–H and O–H groups in total. The molecule has 3 aromatic carbocycles. The van der Waals surface area contributed by atoms with Gasteiger partial charge in [-0.05, 0) is 54.1 Å². The zero-order chi connectivity index (χ0) is 26.0. The lowest BCUT2D eigenvalue weighted by atomic mass is 10.1. The number of carbonyl (C=O) groups excluding carboxylic acids is 3. The van der Waals surface area contributed by atoms with E-state index in [1.165, 1.54) is 60.7 Å². The summed E-state index contributed by atoms with van der Waals surface area (Å²) < 4.78 is 13.4. The van der Waals surface area contributed by atoms with Crippen LogP contribution in [0.4, 0.5) is 15.8 Å². The standard InChI is InChI=1S/C25H16ClFN4O5/c26-20-10-5-17(11-21(20)31(35)36)24(33)29(14-16-1-6-18(27)7-2-16)22-12-23(32)30(25(22)34)19-8-3-15(13-28)4-9-19/h1-11,22H,12,14H2. The number of nitro benzene ring substituents is 1. The number of nitro groups is 1. The monoisotopic (exact) mass is 506 g/mol. The van der Waals surface area contributed by atoms with Gasteiger partial charge in [0, 0.05) is 18.2 Å². The van der Waals surface area contributed by atoms with Crippen molar-refractivity contribution in [2.75, 3.05) is 4.90 Å². The van der Waals surface area contributed by atoms with Gasteiger partial charge in [0.1, 0.15) is 16.9 Å². The van der Waals surface area contributed by atoms with Crippen LogP contribution >= 0.6 is 11.6 Å². The number of carbonyl (C=O) groups is 3. The molecule has 0 aliphatic carbocycles. The van der Waals surface area contributed by atoms with Crippen LogP contribution in [0.5, 0.6) is 0 Å². The number of halogens is 2. The highest BCUT2D eigenvalue weighted by atomic mass is 35.5. The second kappa shape index (κ2) is 9.93. The molecule has 0 saturated carbocycles. The maximum absolute atomic E-state index is 13.5. The summed E-state index contributed by atoms with van der Waals surface area (Å²) >= 11 is 5.87. The molecule has 9 nitrogen and oxygen atoms in total. The first-order valence-electron chi connectivity index (χ1n) is 10.6. The number of benzene rings is 3. The summed E-state index contributed by atoms with van der Waals surface area (Å²) in [7, 11) is 0. The Bertz CT molecular complexity index is 1420. The van der Waals surface area contributed by atoms with E-state index in [9.17, 15) is 28.9 Å². The summed E-state index contributed by atoms with van der Waals surface area (Å²) in [4.78, 5) is 52.4. The van der Waals surface area contributed by atoms with Crippen molar-refractivity contribution >= 4 is 40.7 Å². The predicted octanol–water partition coefficient (Wildman–Crippen LogP) is 4.23. The van der Waals surface area contributed by atoms with Gasteiger partial charge in [0.2, 0.25) is 5.91 Å². The molecule has 4 rings (SSSR count). The summed E-state index contributed by atoms with van der Waals surface area (Å²) in [6.07, 6.45) is -0.332. The molecule has 1 fully saturated rings. The van der Waals surface area contributed by atoms with E-state index in [0.29, 0.717) is 11.1 Å². The van der Waals surface area contributed by atoms with Crippen LogP contribution in [0.1, 0.15) is 27.9 Å². The second-order valence-electron chi connectivity index (χ2n) is 7.93. The quantitative estimate of drug-likeness (QED) is 0.280. The average molecular weight is 507 g/mol. The van der Waals surface area contributed by atoms with E-state index < -0.39 is 40.2 Å². The van der Waals surface area contributed by atoms with E-state index in [-0.39, 0.29) is 29.2 Å². The maximum atomic E-state index is 13.5. The molecular formula is C25H16ClFN4O5. The van der Waals surface area contributed by atoms with E-state index in [1.807, 2.05) is 6.07 Å². The van der Waals surface area contributed by atoms with E-state index >= 15 is 0 Å². The molecule has 1 aliphatic heterocycles. The molecule has 1 unspecified atom stereocenters. The summed E-state index contributed by atoms with van der Waals surface area (Å²) in [6, 6.07) is 15.3. The van der Waals surface area contributed by atoms with Crippen LogP contribution < -0.4 is 4.90 Å². The molecule has 36 heavy (non-hydrogen) atoms. The maximum Gasteiger partial charge on any atom is 0.288 e. The number of hydrogen-bond donors (Lipinski definition) is 0. The highest BCUT2D eigenvalue weighted by Gasteiger charge is 2.44. The number of rotatable bonds is 6. The minimum Gasteiger partial charge on any atom is -0.322 e. The van der Waals surface area contributed by atoms with Crippen molar-refractivity contribution in [2.45, 2.75) is 19.0 Å². The van der Waals surface area contributed by atoms with Crippen LogP contribution in [0.2, 0.25) is 5.02 Å². The first-order chi connectivity index (χ1) is 17.2. The molecular weight excluding hydrogens is 491 g/mol. The Morgan fingerprint density at radius 3 is 2.42 bits per heavy atom. The van der Waals surface area contributed by atoms with Crippen LogP contribution in [0.15, 0.2) is 66.7 Å². The van der Waals surface area contributed by atoms with E-state index in [1.54, 1.807) is 0 Å². The summed E-state index contributed by atoms with van der Waals surface area (Å²) in [5.41, 5.74) is 0.461. The van der Waals surface area contributed by atoms with Crippen molar-refractivity contribution in [3.8, 4) is 6.07 Å². The molecule has 180 valence electrons. The Labute approximate surface area is 209 Å². The van der Waals surface area contributed by atoms with Crippen LogP contribution in [-0.4, -0.2) is 33.6 Å². The fourth-order valence-electron chi connectivity index (χ4n) is 3.88. The van der Waals surface area contributed by atoms with Crippen LogP contribution in [-0.2, 0) is 16.1 Å². The third kappa shape index (κ3) is 4.78. The van der Waals surface area contributed by atoms with Crippen LogP contribution in [0.3, 0.4) is 0 Å². The zero-order valence-electron chi connectivity index (χ0n) is 18.4. The third-order valence-corrected chi connectivity index (χ3v) is 5.99. The molecule has 0 aromatic heterocycles. The largest absolute Gasteiger partial charge is 0.322 e. The molecule has 11 heteroatoms. The lowest BCUT2D eigenvalue weighted by molar-refractivity contribution is -0.384. The van der Waals surface area contributed by atoms with Crippen molar-refractivity contribution in [3.63, 3.8) is 0 Å². The minimum absolute atomic E-state index is 0.106. The van der Waals surface area contributed by atoms with Gasteiger partial charge in [-0.3, -0.25) is 24.5 Å². The number of imide groups is 1. The van der Waals surface area contributed by atoms with E-state index in [0.717, 1.165) is 15.9 Å². The Balaban J connectivity index is 1.72. The Hall–Kier alpha value is -4.62. The Kier molecular flexibility index (Phi) is 6.76. The average Bonchev–Trinajstić information content (AvgIpc) is 3.16. The molecule has 1 aliphatic rings. The van der Waals surface area contributed by atoms with Crippen molar-refractivity contribution in [3.05, 3.63) is 104 Å². The van der Waals surface area contributed by atoms with Gasteiger partial charge in [-0.25, -0.2) is 9.29 Å². The SMILES string of the molecule is N#Cc1ccc(N2C(=O)CC(N(Cc3ccc(F)cc3)C(=O)c3ccc(Cl)c([N+](=O)[O-])c3)C2=O)cc1. The second-order valence-corrected chi connectivity index (χ2v) is 8.34. The Morgan fingerprint density at radius 2 is 1.81 bits per heavy atom. The zero-order valence-corrected chi connectivity index (χ0v) is 19.2. The van der Waals surface area contributed by atoms with Crippen molar-refractivity contribution in [1.82, 2.24) is 4.90 Å². The minimum atomic E-state index is -1.22. The smallest absolute Gasteiger partial charge is 0.288 e. The fourth-order valence-corrected chi connectivity index (χ4v) is 4.06. The van der Waals surface area contributed by atoms with Crippen molar-refractivity contribution in [2.24, 2.45) is 0 Å². The van der Waals surface area contributed by atoms with Crippen LogP contribution in [0.25, 0.3) is 0 Å². The first-order valence-corrected chi connectivity index (χ1v) is 10.9. The van der Waals surface area contributed by atoms with Gasteiger partial charge in [-0.2, -0.15) is 5.26 Å².